The average Bonchev–Trinajstić information content (AvgIpc) is 2.93. The Labute approximate surface area is 160 Å². The minimum Gasteiger partial charge on any atom is -0.388 e. The number of nitrogens with two attached hydrogens (primary N) is 1. The molecular weight excluding hydrogens is 372 g/mol. The van der Waals surface area contributed by atoms with E-state index < -0.39 is 6.09 Å². The molecule has 6 nitrogen and oxygen atoms in total. The molecule has 1 aromatic heterocycles. The number of hydrogen-bond donors (Lipinski definition) is 3. The van der Waals surface area contributed by atoms with Crippen LogP contribution >= 0.6 is 22.9 Å². The molecule has 0 saturated carbocycles. The summed E-state index contributed by atoms with van der Waals surface area (Å²) in [5.41, 5.74) is 8.05. The van der Waals surface area contributed by atoms with Crippen LogP contribution in [0.1, 0.15) is 10.6 Å². The molecule has 3 aromatic rings. The van der Waals surface area contributed by atoms with E-state index in [0.29, 0.717) is 22.3 Å². The summed E-state index contributed by atoms with van der Waals surface area (Å²) < 4.78 is 5.36. The number of aromatic nitrogens is 1. The van der Waals surface area contributed by atoms with Crippen LogP contribution in [-0.4, -0.2) is 11.1 Å². The maximum Gasteiger partial charge on any atom is 0.418 e. The smallest absolute Gasteiger partial charge is 0.388 e. The van der Waals surface area contributed by atoms with E-state index >= 15 is 0 Å². The van der Waals surface area contributed by atoms with Gasteiger partial charge in [0.1, 0.15) is 0 Å². The largest absolute Gasteiger partial charge is 0.418 e. The van der Waals surface area contributed by atoms with E-state index in [1.807, 2.05) is 31.2 Å². The van der Waals surface area contributed by atoms with Crippen molar-refractivity contribution in [1.82, 2.24) is 4.98 Å². The number of ether oxygens (including phenoxy) is 1. The molecule has 0 fully saturated rings. The van der Waals surface area contributed by atoms with E-state index in [1.54, 1.807) is 24.3 Å². The second-order valence-corrected chi connectivity index (χ2v) is 7.06. The lowest BCUT2D eigenvalue weighted by Gasteiger charge is -2.09. The van der Waals surface area contributed by atoms with Gasteiger partial charge in [-0.05, 0) is 42.8 Å². The van der Waals surface area contributed by atoms with Crippen LogP contribution in [-0.2, 0) is 6.54 Å². The van der Waals surface area contributed by atoms with E-state index in [9.17, 15) is 4.79 Å². The highest BCUT2D eigenvalue weighted by Gasteiger charge is 2.15. The first-order valence-electron chi connectivity index (χ1n) is 7.81. The quantitative estimate of drug-likeness (QED) is 0.577. The van der Waals surface area contributed by atoms with Crippen LogP contribution in [0.5, 0.6) is 5.88 Å². The van der Waals surface area contributed by atoms with Gasteiger partial charge in [-0.1, -0.05) is 41.1 Å². The van der Waals surface area contributed by atoms with Crippen LogP contribution in [0, 0.1) is 6.92 Å². The molecule has 0 saturated heterocycles. The lowest BCUT2D eigenvalue weighted by Crippen LogP contribution is -2.17. The Morgan fingerprint density at radius 3 is 2.77 bits per heavy atom. The van der Waals surface area contributed by atoms with Crippen LogP contribution in [0.15, 0.2) is 48.5 Å². The molecule has 8 heteroatoms. The van der Waals surface area contributed by atoms with E-state index in [-0.39, 0.29) is 5.88 Å². The van der Waals surface area contributed by atoms with Gasteiger partial charge < -0.3 is 15.8 Å². The zero-order valence-electron chi connectivity index (χ0n) is 14.0. The number of hydrogen-bond acceptors (Lipinski definition) is 6. The molecule has 0 aliphatic heterocycles. The normalized spacial score (nSPS) is 10.4. The van der Waals surface area contributed by atoms with Crippen LogP contribution in [0.4, 0.5) is 21.2 Å². The summed E-state index contributed by atoms with van der Waals surface area (Å²) in [6.07, 6.45) is -0.642. The Bertz CT molecular complexity index is 929. The van der Waals surface area contributed by atoms with Crippen molar-refractivity contribution < 1.29 is 9.53 Å². The third-order valence-electron chi connectivity index (χ3n) is 3.38. The van der Waals surface area contributed by atoms with Crippen molar-refractivity contribution in [1.29, 1.82) is 0 Å². The number of aryl methyl sites for hydroxylation is 1. The Morgan fingerprint density at radius 1 is 1.23 bits per heavy atom. The van der Waals surface area contributed by atoms with E-state index in [1.165, 1.54) is 11.3 Å². The molecule has 134 valence electrons. The number of carbonyl (C=O) groups excluding carboxylic acids is 1. The van der Waals surface area contributed by atoms with Crippen LogP contribution in [0.2, 0.25) is 5.02 Å². The van der Waals surface area contributed by atoms with Gasteiger partial charge in [-0.2, -0.15) is 0 Å². The van der Waals surface area contributed by atoms with Crippen molar-refractivity contribution in [3.05, 3.63) is 64.1 Å². The molecule has 0 unspecified atom stereocenters. The highest BCUT2D eigenvalue weighted by atomic mass is 35.5. The Kier molecular flexibility index (Phi) is 5.72. The molecule has 0 atom stereocenters. The third kappa shape index (κ3) is 4.72. The molecule has 2 aromatic carbocycles. The first-order valence-corrected chi connectivity index (χ1v) is 9.01. The van der Waals surface area contributed by atoms with Gasteiger partial charge in [-0.25, -0.2) is 9.78 Å². The summed E-state index contributed by atoms with van der Waals surface area (Å²) in [7, 11) is 0. The molecule has 1 amide bonds. The summed E-state index contributed by atoms with van der Waals surface area (Å²) in [6.45, 7) is 2.29. The van der Waals surface area contributed by atoms with Crippen LogP contribution in [0.3, 0.4) is 0 Å². The molecule has 26 heavy (non-hydrogen) atoms. The Morgan fingerprint density at radius 2 is 2.00 bits per heavy atom. The highest BCUT2D eigenvalue weighted by molar-refractivity contribution is 7.16. The summed E-state index contributed by atoms with van der Waals surface area (Å²) >= 11 is 7.30. The molecule has 0 spiro atoms. The number of benzene rings is 2. The van der Waals surface area contributed by atoms with E-state index in [4.69, 9.17) is 22.1 Å². The molecule has 0 radical (unpaired) electrons. The number of anilines is 3. The topological polar surface area (TPSA) is 89.3 Å². The maximum absolute atomic E-state index is 12.2. The van der Waals surface area contributed by atoms with Gasteiger partial charge in [-0.15, -0.1) is 0 Å². The van der Waals surface area contributed by atoms with Crippen LogP contribution in [0.25, 0.3) is 0 Å². The first kappa shape index (κ1) is 18.2. The minimum absolute atomic E-state index is 0.213. The second-order valence-electron chi connectivity index (χ2n) is 5.42. The average molecular weight is 389 g/mol. The molecule has 1 heterocycles. The fraction of sp³-hybridized carbons (Fsp3) is 0.111. The Balaban J connectivity index is 1.73. The molecule has 0 bridgehead atoms. The van der Waals surface area contributed by atoms with Crippen molar-refractivity contribution in [3.63, 3.8) is 0 Å². The maximum atomic E-state index is 12.2. The zero-order chi connectivity index (χ0) is 18.5. The molecule has 0 aliphatic carbocycles. The summed E-state index contributed by atoms with van der Waals surface area (Å²) in [5, 5.41) is 7.78. The van der Waals surface area contributed by atoms with Gasteiger partial charge in [-0.3, -0.25) is 5.32 Å². The van der Waals surface area contributed by atoms with Gasteiger partial charge in [0.25, 0.3) is 5.88 Å². The van der Waals surface area contributed by atoms with Gasteiger partial charge in [0.05, 0.1) is 5.01 Å². The number of halogens is 1. The van der Waals surface area contributed by atoms with E-state index in [0.717, 1.165) is 16.3 Å². The second kappa shape index (κ2) is 8.18. The fourth-order valence-corrected chi connectivity index (χ4v) is 3.22. The fourth-order valence-electron chi connectivity index (χ4n) is 2.26. The standard InChI is InChI=1S/C18H17ClN4O2S/c1-11-21-16(25-18(24)23-15-7-3-5-13(19)9-15)17(26-11)22-14-6-2-4-12(8-14)10-20/h2-9,22H,10,20H2,1H3,(H,23,24). The van der Waals surface area contributed by atoms with Crippen molar-refractivity contribution in [3.8, 4) is 5.88 Å². The number of rotatable bonds is 5. The summed E-state index contributed by atoms with van der Waals surface area (Å²) in [5.74, 6) is 0.213. The zero-order valence-corrected chi connectivity index (χ0v) is 15.5. The lowest BCUT2D eigenvalue weighted by molar-refractivity contribution is 0.214. The summed E-state index contributed by atoms with van der Waals surface area (Å²) in [4.78, 5) is 16.4. The Hall–Kier alpha value is -2.61. The molecular formula is C18H17ClN4O2S. The SMILES string of the molecule is Cc1nc(OC(=O)Nc2cccc(Cl)c2)c(Nc2cccc(CN)c2)s1. The van der Waals surface area contributed by atoms with Crippen molar-refractivity contribution in [2.24, 2.45) is 5.73 Å². The number of carbonyl (C=O) groups is 1. The van der Waals surface area contributed by atoms with Gasteiger partial charge in [0.2, 0.25) is 0 Å². The molecule has 0 aliphatic rings. The number of nitrogens with one attached hydrogen (secondary N) is 2. The molecule has 3 rings (SSSR count). The van der Waals surface area contributed by atoms with Crippen molar-refractivity contribution in [2.75, 3.05) is 10.6 Å². The summed E-state index contributed by atoms with van der Waals surface area (Å²) in [6, 6.07) is 14.5. The highest BCUT2D eigenvalue weighted by Crippen LogP contribution is 2.34. The van der Waals surface area contributed by atoms with Gasteiger partial charge in [0.15, 0.2) is 5.00 Å². The first-order chi connectivity index (χ1) is 12.5. The van der Waals surface area contributed by atoms with E-state index in [2.05, 4.69) is 15.6 Å². The predicted molar refractivity (Wildman–Crippen MR) is 106 cm³/mol. The number of nitrogens with zero attached hydrogens (tertiary/aromatic N) is 1. The number of amides is 1. The van der Waals surface area contributed by atoms with Crippen molar-refractivity contribution >= 4 is 45.4 Å². The minimum atomic E-state index is -0.642. The number of thiazole rings is 1. The van der Waals surface area contributed by atoms with Crippen molar-refractivity contribution in [2.45, 2.75) is 13.5 Å². The monoisotopic (exact) mass is 388 g/mol. The van der Waals surface area contributed by atoms with Gasteiger partial charge >= 0.3 is 6.09 Å². The predicted octanol–water partition coefficient (Wildman–Crippen LogP) is 4.92. The molecule has 4 N–H and O–H groups in total. The lowest BCUT2D eigenvalue weighted by atomic mass is 10.2. The van der Waals surface area contributed by atoms with Gasteiger partial charge in [0, 0.05) is 22.9 Å². The third-order valence-corrected chi connectivity index (χ3v) is 4.49. The van der Waals surface area contributed by atoms with Crippen LogP contribution < -0.4 is 21.1 Å².